The van der Waals surface area contributed by atoms with Gasteiger partial charge in [0.2, 0.25) is 0 Å². The van der Waals surface area contributed by atoms with E-state index < -0.39 is 10.1 Å². The van der Waals surface area contributed by atoms with E-state index >= 15 is 0 Å². The molecule has 0 saturated carbocycles. The topological polar surface area (TPSA) is 97.5 Å². The van der Waals surface area contributed by atoms with Crippen LogP contribution in [0.2, 0.25) is 0 Å². The molecular formula is C6H8N4O3S. The molecule has 0 atom stereocenters. The molecule has 0 bridgehead atoms. The molecule has 0 aliphatic carbocycles. The summed E-state index contributed by atoms with van der Waals surface area (Å²) in [6.45, 7) is 0. The minimum absolute atomic E-state index is 0.715. The minimum Gasteiger partial charge on any atom is -0.286 e. The highest BCUT2D eigenvalue weighted by Crippen LogP contribution is 1.90. The Morgan fingerprint density at radius 1 is 1.50 bits per heavy atom. The normalized spacial score (nSPS) is 10.7. The van der Waals surface area contributed by atoms with Crippen LogP contribution in [0.1, 0.15) is 0 Å². The molecule has 2 heterocycles. The molecule has 8 heteroatoms. The second-order valence-corrected chi connectivity index (χ2v) is 3.84. The Labute approximate surface area is 80.2 Å². The third kappa shape index (κ3) is 3.92. The molecule has 0 unspecified atom stereocenters. The second-order valence-electron chi connectivity index (χ2n) is 2.38. The molecule has 76 valence electrons. The van der Waals surface area contributed by atoms with Crippen LogP contribution >= 0.6 is 0 Å². The lowest BCUT2D eigenvalue weighted by atomic mass is 10.6. The van der Waals surface area contributed by atoms with Crippen molar-refractivity contribution in [1.82, 2.24) is 19.6 Å². The highest BCUT2D eigenvalue weighted by atomic mass is 32.2. The lowest BCUT2D eigenvalue weighted by Gasteiger charge is -1.83. The number of aromatic nitrogens is 4. The Morgan fingerprint density at radius 2 is 2.14 bits per heavy atom. The van der Waals surface area contributed by atoms with Crippen LogP contribution in [0.4, 0.5) is 0 Å². The summed E-state index contributed by atoms with van der Waals surface area (Å²) in [5, 5.41) is 3.86. The van der Waals surface area contributed by atoms with Gasteiger partial charge in [-0.25, -0.2) is 14.5 Å². The van der Waals surface area contributed by atoms with E-state index in [0.717, 1.165) is 5.65 Å². The molecule has 0 aromatic carbocycles. The maximum absolute atomic E-state index is 9.19. The molecular weight excluding hydrogens is 208 g/mol. The molecule has 0 aliphatic heterocycles. The highest BCUT2D eigenvalue weighted by molar-refractivity contribution is 7.85. The first-order chi connectivity index (χ1) is 6.47. The van der Waals surface area contributed by atoms with E-state index in [1.807, 2.05) is 0 Å². The lowest BCUT2D eigenvalue weighted by molar-refractivity contribution is 0.490. The molecule has 0 fully saturated rings. The summed E-state index contributed by atoms with van der Waals surface area (Å²) in [6, 6.07) is 1.80. The van der Waals surface area contributed by atoms with Gasteiger partial charge in [0.15, 0.2) is 5.65 Å². The van der Waals surface area contributed by atoms with Gasteiger partial charge in [0.1, 0.15) is 12.7 Å². The molecule has 0 saturated heterocycles. The van der Waals surface area contributed by atoms with Crippen molar-refractivity contribution < 1.29 is 13.0 Å². The van der Waals surface area contributed by atoms with Gasteiger partial charge in [-0.2, -0.15) is 13.5 Å². The number of nitrogens with zero attached hydrogens (tertiary/aromatic N) is 4. The van der Waals surface area contributed by atoms with E-state index in [1.165, 1.54) is 6.33 Å². The van der Waals surface area contributed by atoms with E-state index in [1.54, 1.807) is 23.1 Å². The van der Waals surface area contributed by atoms with Crippen molar-refractivity contribution in [2.24, 2.45) is 0 Å². The van der Waals surface area contributed by atoms with Gasteiger partial charge in [-0.1, -0.05) is 0 Å². The smallest absolute Gasteiger partial charge is 0.261 e. The predicted molar refractivity (Wildman–Crippen MR) is 48.3 cm³/mol. The molecule has 2 aromatic heterocycles. The Kier molecular flexibility index (Phi) is 3.10. The van der Waals surface area contributed by atoms with Gasteiger partial charge in [-0.15, -0.1) is 0 Å². The first-order valence-electron chi connectivity index (χ1n) is 3.48. The molecule has 0 amide bonds. The summed E-state index contributed by atoms with van der Waals surface area (Å²) < 4.78 is 27.5. The summed E-state index contributed by atoms with van der Waals surface area (Å²) in [4.78, 5) is 7.78. The quantitative estimate of drug-likeness (QED) is 0.603. The minimum atomic E-state index is -3.67. The predicted octanol–water partition coefficient (Wildman–Crippen LogP) is -0.372. The first kappa shape index (κ1) is 10.5. The third-order valence-corrected chi connectivity index (χ3v) is 1.09. The van der Waals surface area contributed by atoms with Crippen molar-refractivity contribution in [2.75, 3.05) is 6.26 Å². The van der Waals surface area contributed by atoms with Crippen molar-refractivity contribution in [1.29, 1.82) is 0 Å². The Bertz CT molecular complexity index is 468. The van der Waals surface area contributed by atoms with Crippen LogP contribution in [0.3, 0.4) is 0 Å². The van der Waals surface area contributed by atoms with E-state index in [4.69, 9.17) is 4.55 Å². The Morgan fingerprint density at radius 3 is 2.71 bits per heavy atom. The Hall–Kier alpha value is -1.54. The largest absolute Gasteiger partial charge is 0.286 e. The zero-order valence-electron chi connectivity index (χ0n) is 7.27. The van der Waals surface area contributed by atoms with Crippen molar-refractivity contribution in [3.05, 3.63) is 24.9 Å². The summed E-state index contributed by atoms with van der Waals surface area (Å²) in [5.41, 5.74) is 0.824. The molecule has 7 nitrogen and oxygen atoms in total. The van der Waals surface area contributed by atoms with Gasteiger partial charge in [0, 0.05) is 12.3 Å². The monoisotopic (exact) mass is 216 g/mol. The SMILES string of the molecule is CS(=O)(=O)O.c1cc2ncnn2cn1. The van der Waals surface area contributed by atoms with Gasteiger partial charge in [-0.3, -0.25) is 4.55 Å². The van der Waals surface area contributed by atoms with Gasteiger partial charge in [-0.05, 0) is 0 Å². The maximum atomic E-state index is 9.19. The molecule has 14 heavy (non-hydrogen) atoms. The maximum Gasteiger partial charge on any atom is 0.261 e. The fourth-order valence-electron chi connectivity index (χ4n) is 0.679. The summed E-state index contributed by atoms with van der Waals surface area (Å²) in [6.07, 6.45) is 5.51. The van der Waals surface area contributed by atoms with Crippen molar-refractivity contribution >= 4 is 15.8 Å². The van der Waals surface area contributed by atoms with Gasteiger partial charge >= 0.3 is 0 Å². The summed E-state index contributed by atoms with van der Waals surface area (Å²) in [5.74, 6) is 0. The fourth-order valence-corrected chi connectivity index (χ4v) is 0.679. The summed E-state index contributed by atoms with van der Waals surface area (Å²) >= 11 is 0. The lowest BCUT2D eigenvalue weighted by Crippen LogP contribution is -1.88. The van der Waals surface area contributed by atoms with Crippen LogP contribution in [-0.4, -0.2) is 38.8 Å². The van der Waals surface area contributed by atoms with Gasteiger partial charge in [0.25, 0.3) is 10.1 Å². The van der Waals surface area contributed by atoms with Crippen LogP contribution in [0, 0.1) is 0 Å². The van der Waals surface area contributed by atoms with E-state index in [-0.39, 0.29) is 0 Å². The first-order valence-corrected chi connectivity index (χ1v) is 5.33. The Balaban J connectivity index is 0.000000171. The second kappa shape index (κ2) is 4.11. The molecule has 0 radical (unpaired) electrons. The zero-order chi connectivity index (χ0) is 10.6. The molecule has 0 aliphatic rings. The number of fused-ring (bicyclic) bond motifs is 1. The number of hydrogen-bond acceptors (Lipinski definition) is 5. The van der Waals surface area contributed by atoms with Gasteiger partial charge in [0.05, 0.1) is 6.26 Å². The number of hydrogen-bond donors (Lipinski definition) is 1. The van der Waals surface area contributed by atoms with Crippen LogP contribution in [0.15, 0.2) is 24.9 Å². The van der Waals surface area contributed by atoms with Crippen LogP contribution in [0.5, 0.6) is 0 Å². The summed E-state index contributed by atoms with van der Waals surface area (Å²) in [7, 11) is -3.67. The highest BCUT2D eigenvalue weighted by Gasteiger charge is 1.87. The standard InChI is InChI=1S/C5H4N4.CH4O3S/c1-2-6-4-9-5(1)7-3-8-9;1-5(2,3)4/h1-4H;1H3,(H,2,3,4). The van der Waals surface area contributed by atoms with Gasteiger partial charge < -0.3 is 0 Å². The molecule has 0 spiro atoms. The van der Waals surface area contributed by atoms with E-state index in [9.17, 15) is 8.42 Å². The average Bonchev–Trinajstić information content (AvgIpc) is 2.47. The van der Waals surface area contributed by atoms with Crippen LogP contribution < -0.4 is 0 Å². The molecule has 2 rings (SSSR count). The zero-order valence-corrected chi connectivity index (χ0v) is 8.09. The van der Waals surface area contributed by atoms with Crippen LogP contribution in [0.25, 0.3) is 5.65 Å². The fraction of sp³-hybridized carbons (Fsp3) is 0.167. The van der Waals surface area contributed by atoms with Crippen molar-refractivity contribution in [3.8, 4) is 0 Å². The van der Waals surface area contributed by atoms with E-state index in [0.29, 0.717) is 6.26 Å². The molecule has 1 N–H and O–H groups in total. The van der Waals surface area contributed by atoms with Crippen molar-refractivity contribution in [2.45, 2.75) is 0 Å². The van der Waals surface area contributed by atoms with Crippen LogP contribution in [-0.2, 0) is 10.1 Å². The van der Waals surface area contributed by atoms with E-state index in [2.05, 4.69) is 15.1 Å². The third-order valence-electron chi connectivity index (χ3n) is 1.09. The number of rotatable bonds is 0. The van der Waals surface area contributed by atoms with Crippen molar-refractivity contribution in [3.63, 3.8) is 0 Å². The average molecular weight is 216 g/mol. The molecule has 2 aromatic rings.